The smallest absolute Gasteiger partial charge is 0.175 e. The number of benzene rings is 1. The Kier molecular flexibility index (Phi) is 4.28. The van der Waals surface area contributed by atoms with Crippen molar-refractivity contribution in [1.29, 1.82) is 0 Å². The number of hydrogen-bond acceptors (Lipinski definition) is 5. The highest BCUT2D eigenvalue weighted by Crippen LogP contribution is 2.22. The van der Waals surface area contributed by atoms with Gasteiger partial charge in [-0.1, -0.05) is 0 Å². The van der Waals surface area contributed by atoms with E-state index in [0.29, 0.717) is 12.3 Å². The van der Waals surface area contributed by atoms with Gasteiger partial charge in [0.2, 0.25) is 0 Å². The second-order valence-electron chi connectivity index (χ2n) is 3.27. The van der Waals surface area contributed by atoms with Crippen molar-refractivity contribution >= 4 is 9.84 Å². The lowest BCUT2D eigenvalue weighted by atomic mass is 10.2. The molecule has 1 aromatic carbocycles. The minimum Gasteiger partial charge on any atom is -0.496 e. The molecule has 0 atom stereocenters. The largest absolute Gasteiger partial charge is 0.496 e. The minimum absolute atomic E-state index is 0.265. The van der Waals surface area contributed by atoms with E-state index in [1.165, 1.54) is 26.5 Å². The molecule has 16 heavy (non-hydrogen) atoms. The maximum absolute atomic E-state index is 11.4. The molecule has 6 heteroatoms. The maximum atomic E-state index is 11.4. The highest BCUT2D eigenvalue weighted by Gasteiger charge is 2.11. The van der Waals surface area contributed by atoms with E-state index in [1.807, 2.05) is 0 Å². The highest BCUT2D eigenvalue weighted by molar-refractivity contribution is 7.90. The second kappa shape index (κ2) is 5.29. The van der Waals surface area contributed by atoms with Crippen molar-refractivity contribution in [2.45, 2.75) is 11.4 Å². The van der Waals surface area contributed by atoms with Crippen LogP contribution in [0.25, 0.3) is 0 Å². The Morgan fingerprint density at radius 3 is 2.50 bits per heavy atom. The van der Waals surface area contributed by atoms with Gasteiger partial charge in [0.25, 0.3) is 0 Å². The molecule has 0 heterocycles. The summed E-state index contributed by atoms with van der Waals surface area (Å²) in [5, 5.41) is 0. The fourth-order valence-corrected chi connectivity index (χ4v) is 1.95. The lowest BCUT2D eigenvalue weighted by Crippen LogP contribution is -2.12. The van der Waals surface area contributed by atoms with Crippen molar-refractivity contribution in [3.63, 3.8) is 0 Å². The number of rotatable bonds is 5. The molecule has 1 aromatic rings. The Hall–Kier alpha value is -1.11. The first kappa shape index (κ1) is 13.0. The van der Waals surface area contributed by atoms with Crippen LogP contribution in [0.15, 0.2) is 23.1 Å². The van der Waals surface area contributed by atoms with Crippen LogP contribution in [0.3, 0.4) is 0 Å². The Morgan fingerprint density at radius 1 is 1.31 bits per heavy atom. The topological polar surface area (TPSA) is 64.6 Å². The van der Waals surface area contributed by atoms with E-state index < -0.39 is 9.84 Å². The van der Waals surface area contributed by atoms with Crippen molar-refractivity contribution < 1.29 is 18.0 Å². The Labute approximate surface area is 95.2 Å². The van der Waals surface area contributed by atoms with E-state index in [1.54, 1.807) is 12.1 Å². The number of methoxy groups -OCH3 is 1. The summed E-state index contributed by atoms with van der Waals surface area (Å²) in [5.41, 5.74) is 3.37. The molecule has 1 rings (SSSR count). The quantitative estimate of drug-likeness (QED) is 0.775. The molecule has 0 unspecified atom stereocenters. The van der Waals surface area contributed by atoms with Gasteiger partial charge in [0.15, 0.2) is 9.84 Å². The summed E-state index contributed by atoms with van der Waals surface area (Å²) >= 11 is 0. The van der Waals surface area contributed by atoms with Gasteiger partial charge in [-0.2, -0.15) is 5.48 Å². The molecule has 0 saturated carbocycles. The normalized spacial score (nSPS) is 11.4. The third kappa shape index (κ3) is 3.19. The monoisotopic (exact) mass is 245 g/mol. The zero-order valence-electron chi connectivity index (χ0n) is 9.48. The predicted molar refractivity (Wildman–Crippen MR) is 60.0 cm³/mol. The van der Waals surface area contributed by atoms with Crippen LogP contribution in [-0.2, 0) is 21.2 Å². The van der Waals surface area contributed by atoms with Gasteiger partial charge < -0.3 is 9.57 Å². The highest BCUT2D eigenvalue weighted by atomic mass is 32.2. The first-order valence-electron chi connectivity index (χ1n) is 4.62. The van der Waals surface area contributed by atoms with E-state index in [4.69, 9.17) is 9.57 Å². The number of ether oxygens (including phenoxy) is 1. The lowest BCUT2D eigenvalue weighted by molar-refractivity contribution is 0.0861. The summed E-state index contributed by atoms with van der Waals surface area (Å²) in [6, 6.07) is 4.72. The number of nitrogens with one attached hydrogen (secondary N) is 1. The van der Waals surface area contributed by atoms with Crippen LogP contribution in [0.2, 0.25) is 0 Å². The standard InChI is InChI=1S/C10H15NO4S/c1-14-10-5-4-9(16(3,12)13)6-8(10)7-11-15-2/h4-6,11H,7H2,1-3H3. The summed E-state index contributed by atoms with van der Waals surface area (Å²) in [4.78, 5) is 4.98. The van der Waals surface area contributed by atoms with Crippen LogP contribution >= 0.6 is 0 Å². The maximum Gasteiger partial charge on any atom is 0.175 e. The Balaban J connectivity index is 3.11. The van der Waals surface area contributed by atoms with E-state index in [0.717, 1.165) is 5.56 Å². The number of sulfone groups is 1. The van der Waals surface area contributed by atoms with E-state index in [-0.39, 0.29) is 4.90 Å². The van der Waals surface area contributed by atoms with Crippen LogP contribution in [0.1, 0.15) is 5.56 Å². The molecular formula is C10H15NO4S. The van der Waals surface area contributed by atoms with Gasteiger partial charge in [-0.25, -0.2) is 8.42 Å². The molecule has 0 radical (unpaired) electrons. The molecule has 1 N–H and O–H groups in total. The van der Waals surface area contributed by atoms with Gasteiger partial charge >= 0.3 is 0 Å². The molecule has 0 aliphatic carbocycles. The molecule has 0 aromatic heterocycles. The molecule has 90 valence electrons. The van der Waals surface area contributed by atoms with Crippen LogP contribution in [0, 0.1) is 0 Å². The average molecular weight is 245 g/mol. The predicted octanol–water partition coefficient (Wildman–Crippen LogP) is 0.750. The van der Waals surface area contributed by atoms with Crippen LogP contribution in [0.4, 0.5) is 0 Å². The summed E-state index contributed by atoms with van der Waals surface area (Å²) in [6.45, 7) is 0.378. The molecule has 0 fully saturated rings. The SMILES string of the molecule is CONCc1cc(S(C)(=O)=O)ccc1OC. The molecular weight excluding hydrogens is 230 g/mol. The van der Waals surface area contributed by atoms with Gasteiger partial charge in [0.1, 0.15) is 5.75 Å². The van der Waals surface area contributed by atoms with Crippen LogP contribution in [-0.4, -0.2) is 28.9 Å². The first-order chi connectivity index (χ1) is 7.49. The van der Waals surface area contributed by atoms with E-state index in [2.05, 4.69) is 5.48 Å². The fraction of sp³-hybridized carbons (Fsp3) is 0.400. The molecule has 0 aliphatic rings. The van der Waals surface area contributed by atoms with Crippen LogP contribution < -0.4 is 10.2 Å². The van der Waals surface area contributed by atoms with Crippen molar-refractivity contribution in [1.82, 2.24) is 5.48 Å². The zero-order valence-corrected chi connectivity index (χ0v) is 10.3. The van der Waals surface area contributed by atoms with Crippen molar-refractivity contribution in [2.24, 2.45) is 0 Å². The van der Waals surface area contributed by atoms with Crippen LogP contribution in [0.5, 0.6) is 5.75 Å². The summed E-state index contributed by atoms with van der Waals surface area (Å²) in [6.07, 6.45) is 1.17. The number of hydroxylamine groups is 1. The Morgan fingerprint density at radius 2 is 2.00 bits per heavy atom. The third-order valence-corrected chi connectivity index (χ3v) is 3.20. The number of hydrogen-bond donors (Lipinski definition) is 1. The zero-order chi connectivity index (χ0) is 12.2. The Bertz CT molecular complexity index is 456. The van der Waals surface area contributed by atoms with Crippen molar-refractivity contribution in [3.05, 3.63) is 23.8 Å². The van der Waals surface area contributed by atoms with Gasteiger partial charge in [-0.05, 0) is 18.2 Å². The third-order valence-electron chi connectivity index (χ3n) is 2.09. The fourth-order valence-electron chi connectivity index (χ4n) is 1.27. The molecule has 0 saturated heterocycles. The summed E-state index contributed by atoms with van der Waals surface area (Å²) < 4.78 is 27.9. The van der Waals surface area contributed by atoms with E-state index >= 15 is 0 Å². The summed E-state index contributed by atoms with van der Waals surface area (Å²) in [5.74, 6) is 0.622. The first-order valence-corrected chi connectivity index (χ1v) is 6.51. The summed E-state index contributed by atoms with van der Waals surface area (Å²) in [7, 11) is -0.173. The average Bonchev–Trinajstić information content (AvgIpc) is 2.24. The van der Waals surface area contributed by atoms with Crippen molar-refractivity contribution in [2.75, 3.05) is 20.5 Å². The molecule has 5 nitrogen and oxygen atoms in total. The lowest BCUT2D eigenvalue weighted by Gasteiger charge is -2.10. The van der Waals surface area contributed by atoms with Gasteiger partial charge in [0.05, 0.1) is 19.1 Å². The van der Waals surface area contributed by atoms with Gasteiger partial charge in [-0.3, -0.25) is 0 Å². The molecule has 0 amide bonds. The van der Waals surface area contributed by atoms with Gasteiger partial charge in [0, 0.05) is 18.4 Å². The second-order valence-corrected chi connectivity index (χ2v) is 5.29. The van der Waals surface area contributed by atoms with Gasteiger partial charge in [-0.15, -0.1) is 0 Å². The molecule has 0 spiro atoms. The van der Waals surface area contributed by atoms with E-state index in [9.17, 15) is 8.42 Å². The molecule has 0 aliphatic heterocycles. The minimum atomic E-state index is -3.20. The van der Waals surface area contributed by atoms with Crippen molar-refractivity contribution in [3.8, 4) is 5.75 Å². The molecule has 0 bridgehead atoms.